The number of hydrogen-bond donors (Lipinski definition) is 1. The Morgan fingerprint density at radius 1 is 1.21 bits per heavy atom. The molecule has 1 aromatic carbocycles. The molecule has 6 heteroatoms. The summed E-state index contributed by atoms with van der Waals surface area (Å²) in [4.78, 5) is 20.4. The second-order valence-electron chi connectivity index (χ2n) is 6.65. The summed E-state index contributed by atoms with van der Waals surface area (Å²) in [5, 5.41) is 0. The molecular weight excluding hydrogens is 306 g/mol. The minimum atomic E-state index is -0.502. The molecule has 0 saturated heterocycles. The molecule has 2 N–H and O–H groups in total. The quantitative estimate of drug-likeness (QED) is 0.910. The van der Waals surface area contributed by atoms with Gasteiger partial charge in [0, 0.05) is 24.2 Å². The lowest BCUT2D eigenvalue weighted by atomic mass is 9.95. The molecule has 24 heavy (non-hydrogen) atoms. The van der Waals surface area contributed by atoms with Crippen molar-refractivity contribution in [1.29, 1.82) is 0 Å². The topological polar surface area (TPSA) is 87.3 Å². The van der Waals surface area contributed by atoms with Gasteiger partial charge in [0.1, 0.15) is 11.6 Å². The minimum absolute atomic E-state index is 0.230. The zero-order chi connectivity index (χ0) is 17.9. The Balaban J connectivity index is 2.43. The first-order chi connectivity index (χ1) is 11.2. The molecule has 2 rings (SSSR count). The maximum absolute atomic E-state index is 11.4. The number of nitrogens with zero attached hydrogens (tertiary/aromatic N) is 2. The van der Waals surface area contributed by atoms with Crippen LogP contribution in [0.1, 0.15) is 48.2 Å². The molecule has 0 radical (unpaired) electrons. The molecule has 1 aromatic heterocycles. The Morgan fingerprint density at radius 3 is 2.50 bits per heavy atom. The molecule has 0 saturated carbocycles. The number of benzene rings is 1. The highest BCUT2D eigenvalue weighted by Crippen LogP contribution is 2.28. The number of aryl methyl sites for hydroxylation is 1. The predicted octanol–water partition coefficient (Wildman–Crippen LogP) is 3.12. The fraction of sp³-hybridized carbons (Fsp3) is 0.389. The highest BCUT2D eigenvalue weighted by Gasteiger charge is 2.20. The fourth-order valence-electron chi connectivity index (χ4n) is 2.06. The van der Waals surface area contributed by atoms with Gasteiger partial charge in [0.25, 0.3) is 0 Å². The number of carbonyl (C=O) groups excluding carboxylic acids is 1. The minimum Gasteiger partial charge on any atom is -0.439 e. The fourth-order valence-corrected chi connectivity index (χ4v) is 2.06. The van der Waals surface area contributed by atoms with Gasteiger partial charge >= 0.3 is 0 Å². The van der Waals surface area contributed by atoms with Crippen molar-refractivity contribution >= 4 is 5.91 Å². The van der Waals surface area contributed by atoms with Crippen LogP contribution in [0.2, 0.25) is 0 Å². The van der Waals surface area contributed by atoms with Crippen LogP contribution in [0.3, 0.4) is 0 Å². The molecule has 0 bridgehead atoms. The summed E-state index contributed by atoms with van der Waals surface area (Å²) >= 11 is 0. The van der Waals surface area contributed by atoms with Crippen LogP contribution in [0.15, 0.2) is 24.3 Å². The van der Waals surface area contributed by atoms with Crippen molar-refractivity contribution in [2.45, 2.75) is 39.7 Å². The monoisotopic (exact) mass is 329 g/mol. The van der Waals surface area contributed by atoms with Gasteiger partial charge in [0.2, 0.25) is 11.8 Å². The van der Waals surface area contributed by atoms with E-state index in [4.69, 9.17) is 15.2 Å². The number of rotatable bonds is 5. The third kappa shape index (κ3) is 4.29. The van der Waals surface area contributed by atoms with Gasteiger partial charge in [-0.25, -0.2) is 4.98 Å². The van der Waals surface area contributed by atoms with Crippen LogP contribution < -0.4 is 10.5 Å². The molecule has 0 atom stereocenters. The Bertz CT molecular complexity index is 752. The third-order valence-electron chi connectivity index (χ3n) is 3.41. The first kappa shape index (κ1) is 17.9. The number of methoxy groups -OCH3 is 1. The summed E-state index contributed by atoms with van der Waals surface area (Å²) in [6.45, 7) is 8.34. The van der Waals surface area contributed by atoms with Crippen LogP contribution in [0.4, 0.5) is 0 Å². The molecule has 128 valence electrons. The molecule has 0 spiro atoms. The summed E-state index contributed by atoms with van der Waals surface area (Å²) in [7, 11) is 1.61. The van der Waals surface area contributed by atoms with Crippen molar-refractivity contribution in [3.8, 4) is 11.6 Å². The maximum Gasteiger partial charge on any atom is 0.248 e. The van der Waals surface area contributed by atoms with Gasteiger partial charge in [-0.1, -0.05) is 26.8 Å². The van der Waals surface area contributed by atoms with Gasteiger partial charge in [-0.15, -0.1) is 0 Å². The van der Waals surface area contributed by atoms with E-state index in [0.717, 1.165) is 11.3 Å². The average molecular weight is 329 g/mol. The standard InChI is InChI=1S/C18H23N3O3/c1-11-6-7-12(16(19)22)8-14(11)24-15-9-13(10-23-5)20-17(21-15)18(2,3)4/h6-9H,10H2,1-5H3,(H2,19,22). The molecule has 1 amide bonds. The second-order valence-corrected chi connectivity index (χ2v) is 6.65. The summed E-state index contributed by atoms with van der Waals surface area (Å²) in [5.41, 5.74) is 7.10. The highest BCUT2D eigenvalue weighted by molar-refractivity contribution is 5.93. The van der Waals surface area contributed by atoms with Crippen LogP contribution in [-0.4, -0.2) is 23.0 Å². The van der Waals surface area contributed by atoms with Crippen molar-refractivity contribution in [1.82, 2.24) is 9.97 Å². The van der Waals surface area contributed by atoms with Gasteiger partial charge in [0.15, 0.2) is 0 Å². The molecule has 6 nitrogen and oxygen atoms in total. The van der Waals surface area contributed by atoms with Crippen molar-refractivity contribution in [2.24, 2.45) is 5.73 Å². The van der Waals surface area contributed by atoms with E-state index in [1.54, 1.807) is 31.4 Å². The summed E-state index contributed by atoms with van der Waals surface area (Å²) < 4.78 is 11.1. The molecule has 1 heterocycles. The van der Waals surface area contributed by atoms with E-state index >= 15 is 0 Å². The van der Waals surface area contributed by atoms with E-state index in [0.29, 0.717) is 29.6 Å². The van der Waals surface area contributed by atoms with Crippen LogP contribution in [0.5, 0.6) is 11.6 Å². The summed E-state index contributed by atoms with van der Waals surface area (Å²) in [6.07, 6.45) is 0. The van der Waals surface area contributed by atoms with Gasteiger partial charge in [0.05, 0.1) is 12.3 Å². The number of amides is 1. The molecule has 0 unspecified atom stereocenters. The Hall–Kier alpha value is -2.47. The van der Waals surface area contributed by atoms with E-state index in [1.165, 1.54) is 0 Å². The highest BCUT2D eigenvalue weighted by atomic mass is 16.5. The van der Waals surface area contributed by atoms with Crippen LogP contribution in [-0.2, 0) is 16.8 Å². The van der Waals surface area contributed by atoms with E-state index in [1.807, 2.05) is 27.7 Å². The van der Waals surface area contributed by atoms with Crippen molar-refractivity contribution in [3.05, 3.63) is 46.9 Å². The average Bonchev–Trinajstić information content (AvgIpc) is 2.48. The number of aromatic nitrogens is 2. The Morgan fingerprint density at radius 2 is 1.92 bits per heavy atom. The van der Waals surface area contributed by atoms with Crippen molar-refractivity contribution in [3.63, 3.8) is 0 Å². The third-order valence-corrected chi connectivity index (χ3v) is 3.41. The van der Waals surface area contributed by atoms with Crippen LogP contribution >= 0.6 is 0 Å². The molecule has 0 fully saturated rings. The van der Waals surface area contributed by atoms with Gasteiger partial charge in [-0.2, -0.15) is 4.98 Å². The number of carbonyl (C=O) groups is 1. The zero-order valence-electron chi connectivity index (χ0n) is 14.7. The molecule has 0 aliphatic heterocycles. The Labute approximate surface area is 142 Å². The maximum atomic E-state index is 11.4. The largest absolute Gasteiger partial charge is 0.439 e. The molecule has 0 aliphatic carbocycles. The van der Waals surface area contributed by atoms with Gasteiger partial charge < -0.3 is 15.2 Å². The van der Waals surface area contributed by atoms with Crippen LogP contribution in [0, 0.1) is 6.92 Å². The summed E-state index contributed by atoms with van der Waals surface area (Å²) in [6, 6.07) is 6.81. The number of ether oxygens (including phenoxy) is 2. The first-order valence-electron chi connectivity index (χ1n) is 7.66. The van der Waals surface area contributed by atoms with E-state index in [2.05, 4.69) is 9.97 Å². The van der Waals surface area contributed by atoms with Crippen LogP contribution in [0.25, 0.3) is 0 Å². The number of primary amides is 1. The lowest BCUT2D eigenvalue weighted by Crippen LogP contribution is -2.17. The molecule has 0 aliphatic rings. The molecule has 2 aromatic rings. The van der Waals surface area contributed by atoms with E-state index < -0.39 is 5.91 Å². The lowest BCUT2D eigenvalue weighted by Gasteiger charge is -2.19. The number of nitrogens with two attached hydrogens (primary N) is 1. The normalized spacial score (nSPS) is 11.4. The van der Waals surface area contributed by atoms with Gasteiger partial charge in [-0.3, -0.25) is 4.79 Å². The van der Waals surface area contributed by atoms with Crippen molar-refractivity contribution in [2.75, 3.05) is 7.11 Å². The summed E-state index contributed by atoms with van der Waals surface area (Å²) in [5.74, 6) is 1.11. The molecular formula is C18H23N3O3. The SMILES string of the molecule is COCc1cc(Oc2cc(C(N)=O)ccc2C)nc(C(C)(C)C)n1. The van der Waals surface area contributed by atoms with E-state index in [9.17, 15) is 4.79 Å². The second kappa shape index (κ2) is 6.97. The number of hydrogen-bond acceptors (Lipinski definition) is 5. The van der Waals surface area contributed by atoms with Crippen molar-refractivity contribution < 1.29 is 14.3 Å². The zero-order valence-corrected chi connectivity index (χ0v) is 14.7. The lowest BCUT2D eigenvalue weighted by molar-refractivity contribution is 0.1000. The smallest absolute Gasteiger partial charge is 0.248 e. The van der Waals surface area contributed by atoms with Gasteiger partial charge in [-0.05, 0) is 24.6 Å². The Kier molecular flexibility index (Phi) is 5.19. The first-order valence-corrected chi connectivity index (χ1v) is 7.66. The predicted molar refractivity (Wildman–Crippen MR) is 91.2 cm³/mol. The van der Waals surface area contributed by atoms with E-state index in [-0.39, 0.29) is 5.41 Å².